The number of hydrogen-bond acceptors (Lipinski definition) is 3. The Hall–Kier alpha value is -1.51. The topological polar surface area (TPSA) is 40.2 Å². The quantitative estimate of drug-likeness (QED) is 0.408. The average molecular weight is 522 g/mol. The summed E-state index contributed by atoms with van der Waals surface area (Å²) in [6.07, 6.45) is -0.347. The number of hydrogen-bond donors (Lipinski definition) is 0. The highest BCUT2D eigenvalue weighted by molar-refractivity contribution is 9.11. The van der Waals surface area contributed by atoms with Crippen LogP contribution in [0.25, 0.3) is 0 Å². The number of aryl methyl sites for hydroxylation is 1. The van der Waals surface area contributed by atoms with E-state index in [-0.39, 0.29) is 6.17 Å². The Morgan fingerprint density at radius 3 is 2.11 bits per heavy atom. The Balaban J connectivity index is 1.72. The van der Waals surface area contributed by atoms with Crippen molar-refractivity contribution in [2.45, 2.75) is 24.5 Å². The van der Waals surface area contributed by atoms with Gasteiger partial charge in [0.25, 0.3) is 10.0 Å². The summed E-state index contributed by atoms with van der Waals surface area (Å²) in [5.74, 6) is 0. The fourth-order valence-corrected chi connectivity index (χ4v) is 6.13. The molecule has 3 atom stereocenters. The molecule has 2 unspecified atom stereocenters. The summed E-state index contributed by atoms with van der Waals surface area (Å²) >= 11 is 7.01. The number of benzene rings is 3. The minimum atomic E-state index is -3.65. The van der Waals surface area contributed by atoms with Crippen molar-refractivity contribution in [1.82, 2.24) is 9.42 Å². The largest absolute Gasteiger partial charge is 0.257 e. The molecular formula is C21H18Br2N2O2S. The van der Waals surface area contributed by atoms with Crippen molar-refractivity contribution in [3.63, 3.8) is 0 Å². The van der Waals surface area contributed by atoms with E-state index in [2.05, 4.69) is 31.9 Å². The summed E-state index contributed by atoms with van der Waals surface area (Å²) in [4.78, 5) is 0.299. The molecule has 4 nitrogen and oxygen atoms in total. The molecule has 0 aliphatic carbocycles. The lowest BCUT2D eigenvalue weighted by Gasteiger charge is -2.07. The third-order valence-corrected chi connectivity index (χ3v) is 7.31. The van der Waals surface area contributed by atoms with Crippen LogP contribution in [0.2, 0.25) is 0 Å². The van der Waals surface area contributed by atoms with Gasteiger partial charge in [0.1, 0.15) is 6.17 Å². The van der Waals surface area contributed by atoms with Crippen LogP contribution < -0.4 is 0 Å². The molecule has 1 heterocycles. The standard InChI is InChI=1S/C21H18Br2N2O2S/c1-15-7-9-20(10-8-15)28(26,27)25-21(17-11-18(22)13-19(23)12-17)24(25)14-16-5-3-2-4-6-16/h2-13,21H,14H2,1H3/t21-,24?,25?/m0/s1. The van der Waals surface area contributed by atoms with Crippen LogP contribution in [0.3, 0.4) is 0 Å². The lowest BCUT2D eigenvalue weighted by molar-refractivity contribution is 0.391. The van der Waals surface area contributed by atoms with Gasteiger partial charge >= 0.3 is 0 Å². The third-order valence-electron chi connectivity index (χ3n) is 4.63. The smallest absolute Gasteiger partial charge is 0.206 e. The van der Waals surface area contributed by atoms with Crippen LogP contribution in [0.1, 0.15) is 22.9 Å². The van der Waals surface area contributed by atoms with Crippen molar-refractivity contribution < 1.29 is 8.42 Å². The summed E-state index contributed by atoms with van der Waals surface area (Å²) in [7, 11) is -3.65. The van der Waals surface area contributed by atoms with Crippen LogP contribution >= 0.6 is 31.9 Å². The molecule has 0 radical (unpaired) electrons. The van der Waals surface area contributed by atoms with Gasteiger partial charge in [-0.15, -0.1) is 4.41 Å². The highest BCUT2D eigenvalue weighted by Crippen LogP contribution is 2.48. The first kappa shape index (κ1) is 19.8. The first-order valence-corrected chi connectivity index (χ1v) is 11.8. The van der Waals surface area contributed by atoms with Crippen LogP contribution in [-0.2, 0) is 16.6 Å². The Bertz CT molecular complexity index is 1080. The molecule has 144 valence electrons. The van der Waals surface area contributed by atoms with Crippen LogP contribution in [0.15, 0.2) is 86.6 Å². The number of sulfonamides is 1. The lowest BCUT2D eigenvalue weighted by atomic mass is 10.2. The molecule has 1 aliphatic rings. The van der Waals surface area contributed by atoms with Gasteiger partial charge in [-0.3, -0.25) is 0 Å². The normalized spacial score (nSPS) is 21.5. The first-order chi connectivity index (χ1) is 13.4. The van der Waals surface area contributed by atoms with Crippen molar-refractivity contribution in [3.8, 4) is 0 Å². The molecule has 0 N–H and O–H groups in total. The maximum atomic E-state index is 13.3. The first-order valence-electron chi connectivity index (χ1n) is 8.74. The fraction of sp³-hybridized carbons (Fsp3) is 0.143. The van der Waals surface area contributed by atoms with Gasteiger partial charge in [-0.05, 0) is 48.4 Å². The zero-order valence-electron chi connectivity index (χ0n) is 15.1. The molecule has 7 heteroatoms. The highest BCUT2D eigenvalue weighted by Gasteiger charge is 2.54. The third kappa shape index (κ3) is 3.95. The summed E-state index contributed by atoms with van der Waals surface area (Å²) < 4.78 is 29.9. The molecule has 3 aromatic carbocycles. The second-order valence-electron chi connectivity index (χ2n) is 6.75. The van der Waals surface area contributed by atoms with Gasteiger partial charge in [0.05, 0.1) is 4.90 Å². The molecule has 0 spiro atoms. The second kappa shape index (κ2) is 7.72. The number of hydrazine groups is 1. The van der Waals surface area contributed by atoms with Gasteiger partial charge in [0.2, 0.25) is 0 Å². The van der Waals surface area contributed by atoms with Crippen molar-refractivity contribution in [1.29, 1.82) is 0 Å². The molecule has 1 fully saturated rings. The Labute approximate surface area is 182 Å². The summed E-state index contributed by atoms with van der Waals surface area (Å²) in [5.41, 5.74) is 2.99. The van der Waals surface area contributed by atoms with Crippen molar-refractivity contribution in [3.05, 3.63) is 98.4 Å². The monoisotopic (exact) mass is 520 g/mol. The maximum Gasteiger partial charge on any atom is 0.257 e. The van der Waals surface area contributed by atoms with Crippen LogP contribution in [-0.4, -0.2) is 17.8 Å². The molecule has 1 saturated heterocycles. The van der Waals surface area contributed by atoms with E-state index in [4.69, 9.17) is 0 Å². The molecule has 0 bridgehead atoms. The fourth-order valence-electron chi connectivity index (χ4n) is 3.23. The van der Waals surface area contributed by atoms with Crippen LogP contribution in [0.5, 0.6) is 0 Å². The highest BCUT2D eigenvalue weighted by atomic mass is 79.9. The van der Waals surface area contributed by atoms with E-state index < -0.39 is 10.0 Å². The average Bonchev–Trinajstić information content (AvgIpc) is 3.37. The SMILES string of the molecule is Cc1ccc(S(=O)(=O)N2[C@@H](c3cc(Br)cc(Br)c3)N2Cc2ccccc2)cc1. The Kier molecular flexibility index (Phi) is 5.46. The van der Waals surface area contributed by atoms with Gasteiger partial charge in [-0.2, -0.15) is 5.01 Å². The van der Waals surface area contributed by atoms with Gasteiger partial charge < -0.3 is 0 Å². The Morgan fingerprint density at radius 2 is 1.50 bits per heavy atom. The van der Waals surface area contributed by atoms with E-state index in [1.165, 1.54) is 4.41 Å². The van der Waals surface area contributed by atoms with Gasteiger partial charge in [-0.1, -0.05) is 79.9 Å². The number of nitrogens with zero attached hydrogens (tertiary/aromatic N) is 2. The van der Waals surface area contributed by atoms with Crippen molar-refractivity contribution in [2.24, 2.45) is 0 Å². The summed E-state index contributed by atoms with van der Waals surface area (Å²) in [6, 6.07) is 22.7. The van der Waals surface area contributed by atoms with Gasteiger partial charge in [0, 0.05) is 15.5 Å². The van der Waals surface area contributed by atoms with Crippen LogP contribution in [0.4, 0.5) is 0 Å². The van der Waals surface area contributed by atoms with Crippen LogP contribution in [0, 0.1) is 6.92 Å². The lowest BCUT2D eigenvalue weighted by Crippen LogP contribution is -2.17. The molecule has 28 heavy (non-hydrogen) atoms. The van der Waals surface area contributed by atoms with E-state index in [1.807, 2.05) is 72.6 Å². The van der Waals surface area contributed by atoms with Gasteiger partial charge in [-0.25, -0.2) is 8.42 Å². The number of rotatable bonds is 5. The molecule has 1 aliphatic heterocycles. The molecule has 4 rings (SSSR count). The molecule has 0 saturated carbocycles. The zero-order chi connectivity index (χ0) is 19.9. The second-order valence-corrected chi connectivity index (χ2v) is 10.4. The predicted octanol–water partition coefficient (Wildman–Crippen LogP) is 5.64. The molecular weight excluding hydrogens is 504 g/mol. The minimum Gasteiger partial charge on any atom is -0.206 e. The number of halogens is 2. The Morgan fingerprint density at radius 1 is 0.893 bits per heavy atom. The minimum absolute atomic E-state index is 0.299. The van der Waals surface area contributed by atoms with E-state index in [0.717, 1.165) is 25.6 Å². The van der Waals surface area contributed by atoms with E-state index >= 15 is 0 Å². The summed E-state index contributed by atoms with van der Waals surface area (Å²) in [5, 5.41) is 1.87. The maximum absolute atomic E-state index is 13.3. The molecule has 0 aromatic heterocycles. The van der Waals surface area contributed by atoms with E-state index in [0.29, 0.717) is 11.4 Å². The van der Waals surface area contributed by atoms with Crippen molar-refractivity contribution in [2.75, 3.05) is 0 Å². The van der Waals surface area contributed by atoms with Crippen molar-refractivity contribution >= 4 is 41.9 Å². The van der Waals surface area contributed by atoms with E-state index in [9.17, 15) is 8.42 Å². The van der Waals surface area contributed by atoms with Gasteiger partial charge in [0.15, 0.2) is 0 Å². The van der Waals surface area contributed by atoms with E-state index in [1.54, 1.807) is 12.1 Å². The molecule has 0 amide bonds. The predicted molar refractivity (Wildman–Crippen MR) is 117 cm³/mol. The summed E-state index contributed by atoms with van der Waals surface area (Å²) in [6.45, 7) is 2.46. The zero-order valence-corrected chi connectivity index (χ0v) is 19.1. The molecule has 3 aromatic rings.